The number of nitrogens with two attached hydrogens (primary N) is 1. The monoisotopic (exact) mass is 191 g/mol. The lowest BCUT2D eigenvalue weighted by atomic mass is 10.0. The van der Waals surface area contributed by atoms with Crippen molar-refractivity contribution in [3.63, 3.8) is 0 Å². The van der Waals surface area contributed by atoms with Crippen LogP contribution in [0.5, 0.6) is 0 Å². The first kappa shape index (κ1) is 9.69. The second kappa shape index (κ2) is 3.71. The molecule has 0 spiro atoms. The molecule has 0 radical (unpaired) electrons. The zero-order valence-corrected chi connectivity index (χ0v) is 8.37. The molecule has 0 heterocycles. The highest BCUT2D eigenvalue weighted by atomic mass is 16.3. The fourth-order valence-corrected chi connectivity index (χ4v) is 1.69. The number of aliphatic hydroxyl groups is 1. The Kier molecular flexibility index (Phi) is 2.57. The van der Waals surface area contributed by atoms with Crippen molar-refractivity contribution in [2.45, 2.75) is 31.3 Å². The normalized spacial score (nSPS) is 18.1. The molecule has 14 heavy (non-hydrogen) atoms. The second-order valence-electron chi connectivity index (χ2n) is 4.12. The highest BCUT2D eigenvalue weighted by Crippen LogP contribution is 2.45. The molecule has 0 aromatic heterocycles. The van der Waals surface area contributed by atoms with Crippen LogP contribution in [0, 0.1) is 0 Å². The van der Waals surface area contributed by atoms with Crippen LogP contribution < -0.4 is 5.73 Å². The van der Waals surface area contributed by atoms with Crippen molar-refractivity contribution in [2.24, 2.45) is 5.73 Å². The summed E-state index contributed by atoms with van der Waals surface area (Å²) < 4.78 is 0. The van der Waals surface area contributed by atoms with E-state index in [0.717, 1.165) is 37.8 Å². The van der Waals surface area contributed by atoms with Gasteiger partial charge in [0.1, 0.15) is 0 Å². The summed E-state index contributed by atoms with van der Waals surface area (Å²) in [6, 6.07) is 8.28. The maximum Gasteiger partial charge on any atom is 0.0899 e. The largest absolute Gasteiger partial charge is 0.385 e. The lowest BCUT2D eigenvalue weighted by Gasteiger charge is -2.08. The van der Waals surface area contributed by atoms with Crippen LogP contribution in [0.25, 0.3) is 0 Å². The van der Waals surface area contributed by atoms with Crippen LogP contribution in [0.4, 0.5) is 0 Å². The van der Waals surface area contributed by atoms with Crippen LogP contribution in [-0.4, -0.2) is 11.7 Å². The van der Waals surface area contributed by atoms with E-state index in [9.17, 15) is 5.11 Å². The molecule has 1 aromatic carbocycles. The Bertz CT molecular complexity index is 301. The average Bonchev–Trinajstić information content (AvgIpc) is 2.96. The molecule has 0 bridgehead atoms. The van der Waals surface area contributed by atoms with Gasteiger partial charge >= 0.3 is 0 Å². The summed E-state index contributed by atoms with van der Waals surface area (Å²) in [5.41, 5.74) is 7.32. The smallest absolute Gasteiger partial charge is 0.0899 e. The minimum Gasteiger partial charge on any atom is -0.385 e. The first-order valence-corrected chi connectivity index (χ1v) is 5.26. The first-order chi connectivity index (χ1) is 6.74. The maximum atomic E-state index is 9.85. The van der Waals surface area contributed by atoms with E-state index in [1.165, 1.54) is 5.56 Å². The topological polar surface area (TPSA) is 46.2 Å². The van der Waals surface area contributed by atoms with Crippen molar-refractivity contribution in [3.8, 4) is 0 Å². The minimum atomic E-state index is -0.494. The Morgan fingerprint density at radius 2 is 1.86 bits per heavy atom. The Morgan fingerprint density at radius 1 is 1.21 bits per heavy atom. The van der Waals surface area contributed by atoms with Crippen LogP contribution in [0.3, 0.4) is 0 Å². The molecule has 0 aliphatic heterocycles. The van der Waals surface area contributed by atoms with Crippen molar-refractivity contribution in [3.05, 3.63) is 35.4 Å². The van der Waals surface area contributed by atoms with E-state index in [4.69, 9.17) is 5.73 Å². The lowest BCUT2D eigenvalue weighted by molar-refractivity contribution is 0.151. The predicted octanol–water partition coefficient (Wildman–Crippen LogP) is 1.56. The highest BCUT2D eigenvalue weighted by molar-refractivity contribution is 5.30. The Labute approximate surface area is 84.7 Å². The zero-order chi connectivity index (χ0) is 10.0. The summed E-state index contributed by atoms with van der Waals surface area (Å²) in [4.78, 5) is 0. The van der Waals surface area contributed by atoms with Crippen LogP contribution in [0.2, 0.25) is 0 Å². The minimum absolute atomic E-state index is 0.494. The Hall–Kier alpha value is -0.860. The summed E-state index contributed by atoms with van der Waals surface area (Å²) in [5.74, 6) is 0. The van der Waals surface area contributed by atoms with Crippen molar-refractivity contribution in [1.29, 1.82) is 0 Å². The van der Waals surface area contributed by atoms with E-state index >= 15 is 0 Å². The molecule has 1 aliphatic carbocycles. The molecule has 2 heteroatoms. The second-order valence-corrected chi connectivity index (χ2v) is 4.12. The SMILES string of the molecule is NCCCc1ccc(C2(O)CC2)cc1. The van der Waals surface area contributed by atoms with E-state index in [-0.39, 0.29) is 0 Å². The Balaban J connectivity index is 2.03. The van der Waals surface area contributed by atoms with Gasteiger partial charge in [-0.05, 0) is 43.4 Å². The van der Waals surface area contributed by atoms with Gasteiger partial charge in [0.25, 0.3) is 0 Å². The van der Waals surface area contributed by atoms with E-state index in [1.807, 2.05) is 12.1 Å². The van der Waals surface area contributed by atoms with Gasteiger partial charge in [-0.25, -0.2) is 0 Å². The number of rotatable bonds is 4. The standard InChI is InChI=1S/C12H17NO/c13-9-1-2-10-3-5-11(6-4-10)12(14)7-8-12/h3-6,14H,1-2,7-9,13H2. The van der Waals surface area contributed by atoms with Crippen molar-refractivity contribution < 1.29 is 5.11 Å². The average molecular weight is 191 g/mol. The molecule has 2 rings (SSSR count). The van der Waals surface area contributed by atoms with Gasteiger partial charge in [-0.15, -0.1) is 0 Å². The van der Waals surface area contributed by atoms with Gasteiger partial charge in [0.2, 0.25) is 0 Å². The van der Waals surface area contributed by atoms with Crippen molar-refractivity contribution >= 4 is 0 Å². The van der Waals surface area contributed by atoms with Crippen molar-refractivity contribution in [2.75, 3.05) is 6.54 Å². The first-order valence-electron chi connectivity index (χ1n) is 5.26. The number of hydrogen-bond donors (Lipinski definition) is 2. The molecule has 0 atom stereocenters. The zero-order valence-electron chi connectivity index (χ0n) is 8.37. The van der Waals surface area contributed by atoms with Crippen LogP contribution in [0.15, 0.2) is 24.3 Å². The van der Waals surface area contributed by atoms with Crippen LogP contribution in [-0.2, 0) is 12.0 Å². The summed E-state index contributed by atoms with van der Waals surface area (Å²) >= 11 is 0. The molecule has 0 amide bonds. The maximum absolute atomic E-state index is 9.85. The van der Waals surface area contributed by atoms with E-state index in [0.29, 0.717) is 0 Å². The molecule has 0 saturated heterocycles. The third kappa shape index (κ3) is 1.97. The van der Waals surface area contributed by atoms with Crippen LogP contribution in [0.1, 0.15) is 30.4 Å². The summed E-state index contributed by atoms with van der Waals surface area (Å²) in [6.07, 6.45) is 3.89. The lowest BCUT2D eigenvalue weighted by Crippen LogP contribution is -2.04. The summed E-state index contributed by atoms with van der Waals surface area (Å²) in [7, 11) is 0. The van der Waals surface area contributed by atoms with Gasteiger partial charge in [-0.2, -0.15) is 0 Å². The fourth-order valence-electron chi connectivity index (χ4n) is 1.69. The third-order valence-electron chi connectivity index (χ3n) is 2.88. The number of hydrogen-bond acceptors (Lipinski definition) is 2. The van der Waals surface area contributed by atoms with Gasteiger partial charge in [-0.1, -0.05) is 24.3 Å². The molecule has 1 aromatic rings. The van der Waals surface area contributed by atoms with Gasteiger partial charge in [-0.3, -0.25) is 0 Å². The molecule has 1 saturated carbocycles. The van der Waals surface area contributed by atoms with Crippen molar-refractivity contribution in [1.82, 2.24) is 0 Å². The molecule has 1 aliphatic rings. The van der Waals surface area contributed by atoms with Gasteiger partial charge < -0.3 is 10.8 Å². The van der Waals surface area contributed by atoms with Gasteiger partial charge in [0.15, 0.2) is 0 Å². The molecular weight excluding hydrogens is 174 g/mol. The summed E-state index contributed by atoms with van der Waals surface area (Å²) in [6.45, 7) is 0.742. The van der Waals surface area contributed by atoms with E-state index in [2.05, 4.69) is 12.1 Å². The molecule has 0 unspecified atom stereocenters. The van der Waals surface area contributed by atoms with Crippen LogP contribution >= 0.6 is 0 Å². The fraction of sp³-hybridized carbons (Fsp3) is 0.500. The highest BCUT2D eigenvalue weighted by Gasteiger charge is 2.41. The molecule has 1 fully saturated rings. The Morgan fingerprint density at radius 3 is 2.36 bits per heavy atom. The quantitative estimate of drug-likeness (QED) is 0.758. The van der Waals surface area contributed by atoms with E-state index in [1.54, 1.807) is 0 Å². The third-order valence-corrected chi connectivity index (χ3v) is 2.88. The molecule has 76 valence electrons. The summed E-state index contributed by atoms with van der Waals surface area (Å²) in [5, 5.41) is 9.85. The van der Waals surface area contributed by atoms with Gasteiger partial charge in [0, 0.05) is 0 Å². The molecule has 2 nitrogen and oxygen atoms in total. The molecular formula is C12H17NO. The number of benzene rings is 1. The van der Waals surface area contributed by atoms with Gasteiger partial charge in [0.05, 0.1) is 5.60 Å². The predicted molar refractivity (Wildman–Crippen MR) is 56.9 cm³/mol. The van der Waals surface area contributed by atoms with E-state index < -0.39 is 5.60 Å². The molecule has 3 N–H and O–H groups in total. The number of aryl methyl sites for hydroxylation is 1.